The third kappa shape index (κ3) is 8.88. The van der Waals surface area contributed by atoms with Crippen molar-refractivity contribution in [1.82, 2.24) is 21.3 Å². The van der Waals surface area contributed by atoms with E-state index in [2.05, 4.69) is 21.3 Å². The second-order valence-electron chi connectivity index (χ2n) is 9.12. The number of aliphatic hydroxyl groups is 2. The van der Waals surface area contributed by atoms with Crippen molar-refractivity contribution in [2.24, 2.45) is 11.8 Å². The molecule has 0 rings (SSSR count). The van der Waals surface area contributed by atoms with Crippen molar-refractivity contribution < 1.29 is 24.6 Å². The zero-order chi connectivity index (χ0) is 22.3. The molecular weight excluding hydrogens is 364 g/mol. The standard InChI is InChI=1S/C19H38N4O5/c1-11(2)13(15(26)22-18(5,6)9-24)20-17(28)21-14(12(3)4)16(27)23-19(7,8)10-25/h11-14,24-25H,9-10H2,1-8H3,(H,22,26)(H,23,27)(H2,20,21,28)/t13-,14-/m0/s1. The van der Waals surface area contributed by atoms with Crippen molar-refractivity contribution in [2.45, 2.75) is 78.6 Å². The SMILES string of the molecule is CC(C)[C@H](NC(=O)N[C@H](C(=O)NC(C)(C)CO)C(C)C)C(=O)NC(C)(C)CO. The maximum absolute atomic E-state index is 12.5. The summed E-state index contributed by atoms with van der Waals surface area (Å²) in [7, 11) is 0. The van der Waals surface area contributed by atoms with Crippen molar-refractivity contribution in [2.75, 3.05) is 13.2 Å². The quantitative estimate of drug-likeness (QED) is 0.308. The number of hydrogen-bond donors (Lipinski definition) is 6. The Hall–Kier alpha value is -1.87. The van der Waals surface area contributed by atoms with E-state index in [4.69, 9.17) is 0 Å². The van der Waals surface area contributed by atoms with Gasteiger partial charge >= 0.3 is 6.03 Å². The zero-order valence-corrected chi connectivity index (χ0v) is 18.3. The molecule has 9 heteroatoms. The highest BCUT2D eigenvalue weighted by atomic mass is 16.3. The number of nitrogens with one attached hydrogen (secondary N) is 4. The minimum atomic E-state index is -0.837. The second kappa shape index (κ2) is 10.6. The van der Waals surface area contributed by atoms with Crippen molar-refractivity contribution in [3.8, 4) is 0 Å². The van der Waals surface area contributed by atoms with Crippen LogP contribution in [0.3, 0.4) is 0 Å². The van der Waals surface area contributed by atoms with Gasteiger partial charge in [-0.3, -0.25) is 9.59 Å². The summed E-state index contributed by atoms with van der Waals surface area (Å²) in [5, 5.41) is 29.2. The molecule has 2 atom stereocenters. The van der Waals surface area contributed by atoms with Gasteiger partial charge in [0.15, 0.2) is 0 Å². The first-order chi connectivity index (χ1) is 12.7. The molecule has 0 saturated carbocycles. The molecule has 0 heterocycles. The summed E-state index contributed by atoms with van der Waals surface area (Å²) in [6.45, 7) is 13.3. The molecule has 6 N–H and O–H groups in total. The Morgan fingerprint density at radius 1 is 0.714 bits per heavy atom. The molecule has 0 aliphatic carbocycles. The van der Waals surface area contributed by atoms with E-state index in [9.17, 15) is 24.6 Å². The Bertz CT molecular complexity index is 500. The minimum absolute atomic E-state index is 0.208. The van der Waals surface area contributed by atoms with E-state index < -0.39 is 41.0 Å². The van der Waals surface area contributed by atoms with Gasteiger partial charge in [0.1, 0.15) is 12.1 Å². The average Bonchev–Trinajstić information content (AvgIpc) is 2.55. The van der Waals surface area contributed by atoms with Gasteiger partial charge < -0.3 is 31.5 Å². The molecule has 9 nitrogen and oxygen atoms in total. The Balaban J connectivity index is 5.15. The van der Waals surface area contributed by atoms with Gasteiger partial charge in [0, 0.05) is 0 Å². The average molecular weight is 403 g/mol. The van der Waals surface area contributed by atoms with E-state index in [1.807, 2.05) is 0 Å². The highest BCUT2D eigenvalue weighted by molar-refractivity contribution is 5.91. The van der Waals surface area contributed by atoms with Crippen LogP contribution in [-0.4, -0.2) is 64.4 Å². The molecule has 0 radical (unpaired) electrons. The molecule has 0 aromatic rings. The van der Waals surface area contributed by atoms with Crippen LogP contribution in [-0.2, 0) is 9.59 Å². The second-order valence-corrected chi connectivity index (χ2v) is 9.12. The fraction of sp³-hybridized carbons (Fsp3) is 0.842. The lowest BCUT2D eigenvalue weighted by Crippen LogP contribution is -2.61. The third-order valence-electron chi connectivity index (χ3n) is 4.19. The molecule has 0 spiro atoms. The molecule has 164 valence electrons. The minimum Gasteiger partial charge on any atom is -0.394 e. The van der Waals surface area contributed by atoms with Gasteiger partial charge in [-0.25, -0.2) is 4.79 Å². The topological polar surface area (TPSA) is 140 Å². The molecule has 0 aliphatic heterocycles. The Morgan fingerprint density at radius 2 is 1.00 bits per heavy atom. The number of urea groups is 1. The summed E-state index contributed by atoms with van der Waals surface area (Å²) in [6.07, 6.45) is 0. The van der Waals surface area contributed by atoms with Crippen LogP contribution in [0.4, 0.5) is 4.79 Å². The maximum Gasteiger partial charge on any atom is 0.316 e. The largest absolute Gasteiger partial charge is 0.394 e. The first-order valence-electron chi connectivity index (χ1n) is 9.58. The molecule has 28 heavy (non-hydrogen) atoms. The van der Waals surface area contributed by atoms with Gasteiger partial charge in [0.25, 0.3) is 0 Å². The van der Waals surface area contributed by atoms with Crippen LogP contribution in [0.15, 0.2) is 0 Å². The molecule has 0 aliphatic rings. The van der Waals surface area contributed by atoms with Crippen molar-refractivity contribution in [3.63, 3.8) is 0 Å². The number of rotatable bonds is 10. The molecule has 0 aromatic heterocycles. The first kappa shape index (κ1) is 26.1. The normalized spacial score (nSPS) is 14.4. The highest BCUT2D eigenvalue weighted by Crippen LogP contribution is 2.09. The number of amides is 4. The lowest BCUT2D eigenvalue weighted by Gasteiger charge is -2.31. The van der Waals surface area contributed by atoms with E-state index in [0.717, 1.165) is 0 Å². The van der Waals surface area contributed by atoms with Gasteiger partial charge in [-0.15, -0.1) is 0 Å². The Kier molecular flexibility index (Phi) is 9.90. The molecule has 0 fully saturated rings. The lowest BCUT2D eigenvalue weighted by molar-refractivity contribution is -0.126. The zero-order valence-electron chi connectivity index (χ0n) is 18.3. The van der Waals surface area contributed by atoms with Crippen LogP contribution in [0.5, 0.6) is 0 Å². The molecule has 0 aromatic carbocycles. The molecule has 4 amide bonds. The monoisotopic (exact) mass is 402 g/mol. The summed E-state index contributed by atoms with van der Waals surface area (Å²) in [6, 6.07) is -2.32. The predicted octanol–water partition coefficient (Wildman–Crippen LogP) is 0.109. The van der Waals surface area contributed by atoms with E-state index in [0.29, 0.717) is 0 Å². The molecule has 0 unspecified atom stereocenters. The fourth-order valence-corrected chi connectivity index (χ4v) is 2.30. The number of carbonyl (C=O) groups excluding carboxylic acids is 3. The molecule has 0 bridgehead atoms. The van der Waals surface area contributed by atoms with E-state index in [1.165, 1.54) is 0 Å². The van der Waals surface area contributed by atoms with Crippen LogP contribution < -0.4 is 21.3 Å². The number of hydrogen-bond acceptors (Lipinski definition) is 5. The fourth-order valence-electron chi connectivity index (χ4n) is 2.30. The molecule has 0 saturated heterocycles. The van der Waals surface area contributed by atoms with Gasteiger partial charge in [-0.2, -0.15) is 0 Å². The number of aliphatic hydroxyl groups excluding tert-OH is 2. The number of carbonyl (C=O) groups is 3. The van der Waals surface area contributed by atoms with Crippen molar-refractivity contribution in [3.05, 3.63) is 0 Å². The summed E-state index contributed by atoms with van der Waals surface area (Å²) < 4.78 is 0. The summed E-state index contributed by atoms with van der Waals surface area (Å²) in [4.78, 5) is 37.5. The van der Waals surface area contributed by atoms with Gasteiger partial charge in [0.2, 0.25) is 11.8 Å². The van der Waals surface area contributed by atoms with E-state index in [-0.39, 0.29) is 25.0 Å². The highest BCUT2D eigenvalue weighted by Gasteiger charge is 2.32. The van der Waals surface area contributed by atoms with Gasteiger partial charge in [-0.05, 0) is 39.5 Å². The predicted molar refractivity (Wildman–Crippen MR) is 108 cm³/mol. The lowest BCUT2D eigenvalue weighted by atomic mass is 10.00. The van der Waals surface area contributed by atoms with E-state index >= 15 is 0 Å². The Morgan fingerprint density at radius 3 is 1.21 bits per heavy atom. The van der Waals surface area contributed by atoms with Crippen LogP contribution in [0.2, 0.25) is 0 Å². The van der Waals surface area contributed by atoms with Crippen LogP contribution >= 0.6 is 0 Å². The summed E-state index contributed by atoms with van der Waals surface area (Å²) in [5.41, 5.74) is -1.64. The van der Waals surface area contributed by atoms with Crippen LogP contribution in [0.1, 0.15) is 55.4 Å². The Labute approximate surface area is 168 Å². The summed E-state index contributed by atoms with van der Waals surface area (Å²) >= 11 is 0. The van der Waals surface area contributed by atoms with Crippen LogP contribution in [0.25, 0.3) is 0 Å². The van der Waals surface area contributed by atoms with Crippen molar-refractivity contribution in [1.29, 1.82) is 0 Å². The van der Waals surface area contributed by atoms with Crippen LogP contribution in [0, 0.1) is 11.8 Å². The van der Waals surface area contributed by atoms with E-state index in [1.54, 1.807) is 55.4 Å². The first-order valence-corrected chi connectivity index (χ1v) is 9.58. The smallest absolute Gasteiger partial charge is 0.316 e. The van der Waals surface area contributed by atoms with Gasteiger partial charge in [0.05, 0.1) is 24.3 Å². The van der Waals surface area contributed by atoms with Gasteiger partial charge in [-0.1, -0.05) is 27.7 Å². The third-order valence-corrected chi connectivity index (χ3v) is 4.19. The maximum atomic E-state index is 12.5. The molecular formula is C19H38N4O5. The summed E-state index contributed by atoms with van der Waals surface area (Å²) in [5.74, 6) is -1.26. The van der Waals surface area contributed by atoms with Crippen molar-refractivity contribution >= 4 is 17.8 Å².